The molecule has 0 saturated heterocycles. The number of halogens is 2. The molecule has 1 aromatic heterocycles. The third-order valence-corrected chi connectivity index (χ3v) is 4.12. The lowest BCUT2D eigenvalue weighted by molar-refractivity contribution is 0.731. The van der Waals surface area contributed by atoms with Crippen LogP contribution in [0.25, 0.3) is 0 Å². The van der Waals surface area contributed by atoms with Gasteiger partial charge in [-0.05, 0) is 38.5 Å². The van der Waals surface area contributed by atoms with Crippen molar-refractivity contribution in [2.45, 2.75) is 26.8 Å². The summed E-state index contributed by atoms with van der Waals surface area (Å²) in [6, 6.07) is 6.08. The fourth-order valence-corrected chi connectivity index (χ4v) is 2.97. The summed E-state index contributed by atoms with van der Waals surface area (Å²) < 4.78 is 2.87. The van der Waals surface area contributed by atoms with Gasteiger partial charge in [-0.15, -0.1) is 0 Å². The van der Waals surface area contributed by atoms with E-state index in [0.29, 0.717) is 0 Å². The molecule has 0 saturated carbocycles. The Kier molecular flexibility index (Phi) is 4.21. The van der Waals surface area contributed by atoms with Crippen molar-refractivity contribution in [1.29, 1.82) is 0 Å². The SMILES string of the molecule is Cc1nn(C)c(C)c1NC(C)c1ccc(Br)cc1Cl. The zero-order valence-electron chi connectivity index (χ0n) is 11.5. The molecule has 1 aromatic carbocycles. The van der Waals surface area contributed by atoms with E-state index in [1.807, 2.05) is 36.9 Å². The van der Waals surface area contributed by atoms with Gasteiger partial charge in [0, 0.05) is 16.5 Å². The fraction of sp³-hybridized carbons (Fsp3) is 0.357. The summed E-state index contributed by atoms with van der Waals surface area (Å²) >= 11 is 9.71. The van der Waals surface area contributed by atoms with Crippen LogP contribution < -0.4 is 5.32 Å². The molecule has 1 heterocycles. The molecule has 0 aliphatic rings. The van der Waals surface area contributed by atoms with Crippen molar-refractivity contribution in [3.8, 4) is 0 Å². The summed E-state index contributed by atoms with van der Waals surface area (Å²) in [5, 5.41) is 8.66. The van der Waals surface area contributed by atoms with Gasteiger partial charge in [-0.1, -0.05) is 33.6 Å². The summed E-state index contributed by atoms with van der Waals surface area (Å²) in [5.41, 5.74) is 4.28. The third kappa shape index (κ3) is 2.95. The maximum Gasteiger partial charge on any atom is 0.0828 e. The smallest absolute Gasteiger partial charge is 0.0828 e. The highest BCUT2D eigenvalue weighted by molar-refractivity contribution is 9.10. The monoisotopic (exact) mass is 341 g/mol. The Bertz CT molecular complexity index is 607. The van der Waals surface area contributed by atoms with Crippen LogP contribution in [0.5, 0.6) is 0 Å². The zero-order chi connectivity index (χ0) is 14.2. The average molecular weight is 343 g/mol. The van der Waals surface area contributed by atoms with E-state index in [4.69, 9.17) is 11.6 Å². The highest BCUT2D eigenvalue weighted by Gasteiger charge is 2.15. The zero-order valence-corrected chi connectivity index (χ0v) is 13.8. The van der Waals surface area contributed by atoms with Crippen LogP contribution in [0.2, 0.25) is 5.02 Å². The number of rotatable bonds is 3. The van der Waals surface area contributed by atoms with Gasteiger partial charge in [0.15, 0.2) is 0 Å². The molecule has 5 heteroatoms. The quantitative estimate of drug-likeness (QED) is 0.881. The number of nitrogens with zero attached hydrogens (tertiary/aromatic N) is 2. The first-order valence-corrected chi connectivity index (χ1v) is 7.29. The van der Waals surface area contributed by atoms with Crippen molar-refractivity contribution in [2.75, 3.05) is 5.32 Å². The van der Waals surface area contributed by atoms with Gasteiger partial charge in [0.2, 0.25) is 0 Å². The Balaban J connectivity index is 2.28. The molecule has 0 radical (unpaired) electrons. The molecule has 0 spiro atoms. The topological polar surface area (TPSA) is 29.9 Å². The van der Waals surface area contributed by atoms with Gasteiger partial charge in [0.25, 0.3) is 0 Å². The van der Waals surface area contributed by atoms with Crippen LogP contribution in [0, 0.1) is 13.8 Å². The Hall–Kier alpha value is -1.000. The molecule has 2 aromatic rings. The predicted octanol–water partition coefficient (Wildman–Crippen LogP) is 4.63. The molecule has 0 aliphatic carbocycles. The van der Waals surface area contributed by atoms with Crippen LogP contribution in [0.15, 0.2) is 22.7 Å². The molecule has 1 unspecified atom stereocenters. The van der Waals surface area contributed by atoms with Gasteiger partial charge in [-0.3, -0.25) is 4.68 Å². The van der Waals surface area contributed by atoms with E-state index in [2.05, 4.69) is 40.2 Å². The highest BCUT2D eigenvalue weighted by Crippen LogP contribution is 2.30. The molecule has 1 N–H and O–H groups in total. The first-order chi connectivity index (χ1) is 8.90. The molecule has 102 valence electrons. The second-order valence-electron chi connectivity index (χ2n) is 4.70. The largest absolute Gasteiger partial charge is 0.375 e. The van der Waals surface area contributed by atoms with Crippen LogP contribution in [-0.4, -0.2) is 9.78 Å². The third-order valence-electron chi connectivity index (χ3n) is 3.30. The Morgan fingerprint density at radius 3 is 2.58 bits per heavy atom. The number of hydrogen-bond acceptors (Lipinski definition) is 2. The van der Waals surface area contributed by atoms with Crippen molar-refractivity contribution in [1.82, 2.24) is 9.78 Å². The van der Waals surface area contributed by atoms with Crippen molar-refractivity contribution in [3.05, 3.63) is 44.6 Å². The van der Waals surface area contributed by atoms with Crippen molar-refractivity contribution in [2.24, 2.45) is 7.05 Å². The lowest BCUT2D eigenvalue weighted by Crippen LogP contribution is -2.08. The molecule has 0 bridgehead atoms. The van der Waals surface area contributed by atoms with Crippen LogP contribution in [-0.2, 0) is 7.05 Å². The predicted molar refractivity (Wildman–Crippen MR) is 83.9 cm³/mol. The van der Waals surface area contributed by atoms with E-state index < -0.39 is 0 Å². The van der Waals surface area contributed by atoms with Crippen LogP contribution in [0.4, 0.5) is 5.69 Å². The summed E-state index contributed by atoms with van der Waals surface area (Å²) in [4.78, 5) is 0. The molecule has 1 atom stereocenters. The van der Waals surface area contributed by atoms with Gasteiger partial charge in [0.1, 0.15) is 0 Å². The van der Waals surface area contributed by atoms with Crippen molar-refractivity contribution < 1.29 is 0 Å². The minimum atomic E-state index is 0.127. The van der Waals surface area contributed by atoms with E-state index in [1.165, 1.54) is 0 Å². The number of nitrogens with one attached hydrogen (secondary N) is 1. The Morgan fingerprint density at radius 2 is 2.05 bits per heavy atom. The number of hydrogen-bond donors (Lipinski definition) is 1. The molecule has 0 aliphatic heterocycles. The van der Waals surface area contributed by atoms with Gasteiger partial charge >= 0.3 is 0 Å². The Labute approximate surface area is 127 Å². The first kappa shape index (κ1) is 14.4. The first-order valence-electron chi connectivity index (χ1n) is 6.12. The average Bonchev–Trinajstić information content (AvgIpc) is 2.56. The number of aryl methyl sites for hydroxylation is 2. The molecular weight excluding hydrogens is 326 g/mol. The maximum absolute atomic E-state index is 6.28. The molecule has 19 heavy (non-hydrogen) atoms. The van der Waals surface area contributed by atoms with E-state index >= 15 is 0 Å². The summed E-state index contributed by atoms with van der Waals surface area (Å²) in [7, 11) is 1.95. The van der Waals surface area contributed by atoms with Crippen LogP contribution >= 0.6 is 27.5 Å². The van der Waals surface area contributed by atoms with Gasteiger partial charge in [0.05, 0.1) is 23.1 Å². The van der Waals surface area contributed by atoms with Gasteiger partial charge in [-0.2, -0.15) is 5.10 Å². The number of anilines is 1. The van der Waals surface area contributed by atoms with Crippen LogP contribution in [0.3, 0.4) is 0 Å². The molecule has 0 fully saturated rings. The highest BCUT2D eigenvalue weighted by atomic mass is 79.9. The standard InChI is InChI=1S/C14H17BrClN3/c1-8(12-6-5-11(15)7-13(12)16)17-14-9(2)18-19(4)10(14)3/h5-8,17H,1-4H3. The molecule has 2 rings (SSSR count). The van der Waals surface area contributed by atoms with Gasteiger partial charge in [-0.25, -0.2) is 0 Å². The van der Waals surface area contributed by atoms with E-state index in [1.54, 1.807) is 0 Å². The normalized spacial score (nSPS) is 12.5. The maximum atomic E-state index is 6.28. The fourth-order valence-electron chi connectivity index (χ4n) is 2.13. The van der Waals surface area contributed by atoms with E-state index in [0.717, 1.165) is 32.1 Å². The summed E-state index contributed by atoms with van der Waals surface area (Å²) in [5.74, 6) is 0. The van der Waals surface area contributed by atoms with Gasteiger partial charge < -0.3 is 5.32 Å². The molecule has 0 amide bonds. The van der Waals surface area contributed by atoms with E-state index in [-0.39, 0.29) is 6.04 Å². The lowest BCUT2D eigenvalue weighted by Gasteiger charge is -2.17. The van der Waals surface area contributed by atoms with E-state index in [9.17, 15) is 0 Å². The molecular formula is C14H17BrClN3. The number of aromatic nitrogens is 2. The summed E-state index contributed by atoms with van der Waals surface area (Å²) in [6.07, 6.45) is 0. The van der Waals surface area contributed by atoms with Crippen LogP contribution in [0.1, 0.15) is 29.9 Å². The number of benzene rings is 1. The molecule has 3 nitrogen and oxygen atoms in total. The minimum Gasteiger partial charge on any atom is -0.375 e. The lowest BCUT2D eigenvalue weighted by atomic mass is 10.1. The summed E-state index contributed by atoms with van der Waals surface area (Å²) in [6.45, 7) is 6.16. The van der Waals surface area contributed by atoms with Crippen molar-refractivity contribution in [3.63, 3.8) is 0 Å². The Morgan fingerprint density at radius 1 is 1.37 bits per heavy atom. The second kappa shape index (κ2) is 5.55. The van der Waals surface area contributed by atoms with Crippen molar-refractivity contribution >= 4 is 33.2 Å². The minimum absolute atomic E-state index is 0.127. The second-order valence-corrected chi connectivity index (χ2v) is 6.02.